The minimum Gasteiger partial charge on any atom is -0.444 e. The molecule has 3 rings (SSSR count). The number of alkyl halides is 3. The molecule has 0 amide bonds. The van der Waals surface area contributed by atoms with Gasteiger partial charge in [-0.1, -0.05) is 12.1 Å². The summed E-state index contributed by atoms with van der Waals surface area (Å²) in [7, 11) is 0. The second-order valence-corrected chi connectivity index (χ2v) is 6.21. The Hall–Kier alpha value is -1.86. The third-order valence-corrected chi connectivity index (χ3v) is 4.39. The Morgan fingerprint density at radius 2 is 2.08 bits per heavy atom. The number of halogens is 3. The van der Waals surface area contributed by atoms with Gasteiger partial charge in [-0.3, -0.25) is 4.90 Å². The molecule has 1 aromatic carbocycles. The van der Waals surface area contributed by atoms with Gasteiger partial charge in [0.1, 0.15) is 5.76 Å². The topological polar surface area (TPSA) is 49.5 Å². The number of aliphatic hydroxyl groups excluding tert-OH is 1. The molecule has 2 unspecified atom stereocenters. The van der Waals surface area contributed by atoms with Crippen molar-refractivity contribution in [2.45, 2.75) is 45.1 Å². The van der Waals surface area contributed by atoms with E-state index in [1.807, 2.05) is 18.7 Å². The van der Waals surface area contributed by atoms with E-state index in [1.54, 1.807) is 6.07 Å². The van der Waals surface area contributed by atoms with Gasteiger partial charge in [0, 0.05) is 12.6 Å². The predicted molar refractivity (Wildman–Crippen MR) is 81.2 cm³/mol. The molecule has 130 valence electrons. The molecule has 7 heteroatoms. The number of likely N-dealkylation sites (tertiary alicyclic amines) is 1. The quantitative estimate of drug-likeness (QED) is 0.927. The van der Waals surface area contributed by atoms with Crippen LogP contribution in [0.5, 0.6) is 0 Å². The van der Waals surface area contributed by atoms with Gasteiger partial charge in [-0.2, -0.15) is 13.2 Å². The summed E-state index contributed by atoms with van der Waals surface area (Å²) in [5.41, 5.74) is 0.658. The average molecular weight is 340 g/mol. The normalized spacial score (nSPS) is 22.2. The van der Waals surface area contributed by atoms with Crippen molar-refractivity contribution >= 4 is 0 Å². The number of rotatable bonds is 3. The molecule has 1 fully saturated rings. The first-order chi connectivity index (χ1) is 11.2. The molecule has 0 spiro atoms. The van der Waals surface area contributed by atoms with Gasteiger partial charge in [0.05, 0.1) is 23.9 Å². The summed E-state index contributed by atoms with van der Waals surface area (Å²) in [5.74, 6) is 1.23. The number of aliphatic hydroxyl groups is 1. The van der Waals surface area contributed by atoms with Gasteiger partial charge in [-0.15, -0.1) is 0 Å². The molecule has 1 aliphatic rings. The van der Waals surface area contributed by atoms with Crippen LogP contribution in [0, 0.1) is 13.8 Å². The van der Waals surface area contributed by atoms with Crippen molar-refractivity contribution in [3.05, 3.63) is 52.7 Å². The van der Waals surface area contributed by atoms with Crippen LogP contribution in [0.4, 0.5) is 13.2 Å². The Balaban J connectivity index is 1.85. The van der Waals surface area contributed by atoms with Gasteiger partial charge in [-0.05, 0) is 38.0 Å². The molecular weight excluding hydrogens is 321 g/mol. The lowest BCUT2D eigenvalue weighted by Gasteiger charge is -2.23. The van der Waals surface area contributed by atoms with Crippen molar-refractivity contribution in [3.8, 4) is 0 Å². The molecule has 0 radical (unpaired) electrons. The summed E-state index contributed by atoms with van der Waals surface area (Å²) in [6, 6.07) is 4.98. The number of β-amino-alcohol motifs (C(OH)–C–C–N with tert-alkyl or cyclic N) is 1. The minimum absolute atomic E-state index is 0.296. The smallest absolute Gasteiger partial charge is 0.416 e. The number of benzene rings is 1. The summed E-state index contributed by atoms with van der Waals surface area (Å²) >= 11 is 0. The molecule has 1 aliphatic heterocycles. The second-order valence-electron chi connectivity index (χ2n) is 6.21. The highest BCUT2D eigenvalue weighted by Crippen LogP contribution is 2.36. The van der Waals surface area contributed by atoms with Gasteiger partial charge in [0.2, 0.25) is 5.89 Å². The third-order valence-electron chi connectivity index (χ3n) is 4.39. The van der Waals surface area contributed by atoms with Crippen LogP contribution in [0.15, 0.2) is 28.7 Å². The second kappa shape index (κ2) is 6.22. The fourth-order valence-corrected chi connectivity index (χ4v) is 3.10. The number of hydrogen-bond donors (Lipinski definition) is 1. The number of nitrogens with zero attached hydrogens (tertiary/aromatic N) is 2. The molecule has 4 nitrogen and oxygen atoms in total. The number of aromatic nitrogens is 1. The van der Waals surface area contributed by atoms with Gasteiger partial charge < -0.3 is 9.52 Å². The summed E-state index contributed by atoms with van der Waals surface area (Å²) in [5, 5.41) is 9.98. The lowest BCUT2D eigenvalue weighted by atomic mass is 10.0. The number of hydrogen-bond acceptors (Lipinski definition) is 4. The van der Waals surface area contributed by atoms with Crippen molar-refractivity contribution in [1.29, 1.82) is 0 Å². The molecule has 1 N–H and O–H groups in total. The fraction of sp³-hybridized carbons (Fsp3) is 0.471. The van der Waals surface area contributed by atoms with Crippen molar-refractivity contribution in [1.82, 2.24) is 9.88 Å². The minimum atomic E-state index is -4.38. The standard InChI is InChI=1S/C17H19F3N2O2/c1-10-11(2)24-16(21-10)9-22-8-14(23)7-15(22)12-4-3-5-13(6-12)17(18,19)20/h3-6,14-15,23H,7-9H2,1-2H3. The van der Waals surface area contributed by atoms with Gasteiger partial charge >= 0.3 is 6.18 Å². The van der Waals surface area contributed by atoms with E-state index >= 15 is 0 Å². The van der Waals surface area contributed by atoms with E-state index in [1.165, 1.54) is 6.07 Å². The molecule has 1 aromatic heterocycles. The first kappa shape index (κ1) is 17.0. The summed E-state index contributed by atoms with van der Waals surface area (Å²) in [6.45, 7) is 4.38. The summed E-state index contributed by atoms with van der Waals surface area (Å²) < 4.78 is 44.4. The molecule has 2 atom stereocenters. The molecule has 2 aromatic rings. The highest BCUT2D eigenvalue weighted by atomic mass is 19.4. The predicted octanol–water partition coefficient (Wildman–Crippen LogP) is 3.62. The van der Waals surface area contributed by atoms with Crippen LogP contribution >= 0.6 is 0 Å². The summed E-state index contributed by atoms with van der Waals surface area (Å²) in [6.07, 6.45) is -4.57. The SMILES string of the molecule is Cc1nc(CN2CC(O)CC2c2cccc(C(F)(F)F)c2)oc1C. The number of aryl methyl sites for hydroxylation is 2. The van der Waals surface area contributed by atoms with Crippen molar-refractivity contribution in [2.75, 3.05) is 6.54 Å². The van der Waals surface area contributed by atoms with Crippen LogP contribution in [0.25, 0.3) is 0 Å². The summed E-state index contributed by atoms with van der Waals surface area (Å²) in [4.78, 5) is 6.22. The van der Waals surface area contributed by atoms with Crippen molar-refractivity contribution in [3.63, 3.8) is 0 Å². The van der Waals surface area contributed by atoms with Gasteiger partial charge in [0.15, 0.2) is 0 Å². The van der Waals surface area contributed by atoms with Crippen LogP contribution in [0.1, 0.15) is 40.9 Å². The average Bonchev–Trinajstić information content (AvgIpc) is 3.01. The fourth-order valence-electron chi connectivity index (χ4n) is 3.10. The van der Waals surface area contributed by atoms with Crippen LogP contribution in [0.2, 0.25) is 0 Å². The zero-order valence-electron chi connectivity index (χ0n) is 13.5. The van der Waals surface area contributed by atoms with E-state index in [9.17, 15) is 18.3 Å². The van der Waals surface area contributed by atoms with E-state index in [2.05, 4.69) is 4.98 Å². The largest absolute Gasteiger partial charge is 0.444 e. The molecule has 1 saturated heterocycles. The maximum absolute atomic E-state index is 12.9. The highest BCUT2D eigenvalue weighted by molar-refractivity contribution is 5.29. The van der Waals surface area contributed by atoms with Crippen molar-refractivity contribution in [2.24, 2.45) is 0 Å². The Morgan fingerprint density at radius 1 is 1.33 bits per heavy atom. The Morgan fingerprint density at radius 3 is 2.71 bits per heavy atom. The van der Waals surface area contributed by atoms with E-state index in [0.717, 1.165) is 23.6 Å². The molecule has 0 aliphatic carbocycles. The first-order valence-corrected chi connectivity index (χ1v) is 7.76. The maximum Gasteiger partial charge on any atom is 0.416 e. The Bertz CT molecular complexity index is 707. The van der Waals surface area contributed by atoms with Crippen LogP contribution in [-0.4, -0.2) is 27.6 Å². The van der Waals surface area contributed by atoms with E-state index < -0.39 is 17.8 Å². The monoisotopic (exact) mass is 340 g/mol. The third kappa shape index (κ3) is 3.47. The van der Waals surface area contributed by atoms with Crippen molar-refractivity contribution < 1.29 is 22.7 Å². The first-order valence-electron chi connectivity index (χ1n) is 7.76. The van der Waals surface area contributed by atoms with E-state index in [-0.39, 0.29) is 6.04 Å². The van der Waals surface area contributed by atoms with Crippen LogP contribution < -0.4 is 0 Å². The highest BCUT2D eigenvalue weighted by Gasteiger charge is 2.35. The Kier molecular flexibility index (Phi) is 4.40. The molecule has 0 bridgehead atoms. The van der Waals surface area contributed by atoms with Crippen LogP contribution in [-0.2, 0) is 12.7 Å². The number of oxazole rings is 1. The molecule has 2 heterocycles. The van der Waals surface area contributed by atoms with E-state index in [4.69, 9.17) is 4.42 Å². The molecular formula is C17H19F3N2O2. The zero-order chi connectivity index (χ0) is 17.5. The zero-order valence-corrected chi connectivity index (χ0v) is 13.5. The van der Waals surface area contributed by atoms with Gasteiger partial charge in [0.25, 0.3) is 0 Å². The van der Waals surface area contributed by atoms with Gasteiger partial charge in [-0.25, -0.2) is 4.98 Å². The maximum atomic E-state index is 12.9. The van der Waals surface area contributed by atoms with Crippen LogP contribution in [0.3, 0.4) is 0 Å². The molecule has 0 saturated carbocycles. The lowest BCUT2D eigenvalue weighted by Crippen LogP contribution is -2.24. The molecule has 24 heavy (non-hydrogen) atoms. The van der Waals surface area contributed by atoms with E-state index in [0.29, 0.717) is 31.0 Å². The Labute approximate surface area is 137 Å². The lowest BCUT2D eigenvalue weighted by molar-refractivity contribution is -0.137.